The normalized spacial score (nSPS) is 11.8. The highest BCUT2D eigenvalue weighted by Gasteiger charge is 2.06. The highest BCUT2D eigenvalue weighted by Crippen LogP contribution is 2.14. The molecule has 0 atom stereocenters. The van der Waals surface area contributed by atoms with Crippen LogP contribution >= 0.6 is 0 Å². The molecule has 0 aliphatic carbocycles. The molecule has 0 spiro atoms. The van der Waals surface area contributed by atoms with E-state index in [0.29, 0.717) is 5.69 Å². The summed E-state index contributed by atoms with van der Waals surface area (Å²) in [5, 5.41) is 0. The highest BCUT2D eigenvalue weighted by molar-refractivity contribution is 7.92. The van der Waals surface area contributed by atoms with E-state index >= 15 is 0 Å². The van der Waals surface area contributed by atoms with E-state index < -0.39 is 10.0 Å². The average Bonchev–Trinajstić information content (AvgIpc) is 2.64. The number of aryl methyl sites for hydroxylation is 1. The van der Waals surface area contributed by atoms with Gasteiger partial charge in [-0.1, -0.05) is 51.7 Å². The number of hydrogen-bond donors (Lipinski definition) is 1. The average molecular weight is 383 g/mol. The van der Waals surface area contributed by atoms with E-state index in [1.54, 1.807) is 6.92 Å². The van der Waals surface area contributed by atoms with Gasteiger partial charge in [-0.25, -0.2) is 8.42 Å². The van der Waals surface area contributed by atoms with Gasteiger partial charge in [0.1, 0.15) is 0 Å². The second-order valence-corrected chi connectivity index (χ2v) is 9.02. The molecule has 1 aromatic carbocycles. The lowest BCUT2D eigenvalue weighted by molar-refractivity contribution is 0.275. The maximum atomic E-state index is 11.6. The Hall–Kier alpha value is -1.07. The molecule has 0 unspecified atom stereocenters. The van der Waals surface area contributed by atoms with Gasteiger partial charge in [-0.15, -0.1) is 0 Å². The fraction of sp³-hybridized carbons (Fsp3) is 0.714. The van der Waals surface area contributed by atoms with Gasteiger partial charge in [-0.2, -0.15) is 0 Å². The van der Waals surface area contributed by atoms with Crippen LogP contribution in [0.25, 0.3) is 0 Å². The van der Waals surface area contributed by atoms with Crippen molar-refractivity contribution in [1.29, 1.82) is 0 Å². The third kappa shape index (κ3) is 10.2. The molecule has 0 aromatic heterocycles. The van der Waals surface area contributed by atoms with Crippen LogP contribution in [0.2, 0.25) is 0 Å². The predicted octanol–water partition coefficient (Wildman–Crippen LogP) is 5.06. The quantitative estimate of drug-likeness (QED) is 0.431. The van der Waals surface area contributed by atoms with Crippen molar-refractivity contribution in [3.63, 3.8) is 0 Å². The summed E-state index contributed by atoms with van der Waals surface area (Å²) < 4.78 is 25.7. The number of rotatable bonds is 15. The number of unbranched alkanes of at least 4 members (excludes halogenated alkanes) is 5. The lowest BCUT2D eigenvalue weighted by Gasteiger charge is -2.20. The largest absolute Gasteiger partial charge is 0.304 e. The molecule has 0 bridgehead atoms. The van der Waals surface area contributed by atoms with E-state index in [0.717, 1.165) is 13.0 Å². The highest BCUT2D eigenvalue weighted by atomic mass is 32.2. The van der Waals surface area contributed by atoms with Crippen LogP contribution in [0.3, 0.4) is 0 Å². The summed E-state index contributed by atoms with van der Waals surface area (Å²) in [6, 6.07) is 7.77. The van der Waals surface area contributed by atoms with Crippen molar-refractivity contribution >= 4 is 15.7 Å². The van der Waals surface area contributed by atoms with E-state index in [2.05, 4.69) is 23.5 Å². The minimum absolute atomic E-state index is 0.0985. The smallest absolute Gasteiger partial charge is 0.232 e. The topological polar surface area (TPSA) is 49.4 Å². The maximum absolute atomic E-state index is 11.6. The summed E-state index contributed by atoms with van der Waals surface area (Å²) >= 11 is 0. The van der Waals surface area contributed by atoms with Crippen molar-refractivity contribution in [1.82, 2.24) is 4.90 Å². The number of nitrogens with zero attached hydrogens (tertiary/aromatic N) is 1. The summed E-state index contributed by atoms with van der Waals surface area (Å²) in [5.74, 6) is 0.0985. The maximum Gasteiger partial charge on any atom is 0.232 e. The van der Waals surface area contributed by atoms with Crippen molar-refractivity contribution in [2.75, 3.05) is 30.1 Å². The number of benzene rings is 1. The SMILES string of the molecule is CCCCCCCN(CC)CCCCc1ccc(NS(=O)(=O)CC)cc1. The fourth-order valence-electron chi connectivity index (χ4n) is 3.02. The van der Waals surface area contributed by atoms with Gasteiger partial charge in [0, 0.05) is 5.69 Å². The second-order valence-electron chi connectivity index (χ2n) is 7.01. The molecule has 4 nitrogen and oxygen atoms in total. The van der Waals surface area contributed by atoms with Crippen molar-refractivity contribution in [3.8, 4) is 0 Å². The van der Waals surface area contributed by atoms with Crippen LogP contribution in [0, 0.1) is 0 Å². The predicted molar refractivity (Wildman–Crippen MR) is 113 cm³/mol. The molecule has 0 radical (unpaired) electrons. The Labute approximate surface area is 161 Å². The van der Waals surface area contributed by atoms with Crippen molar-refractivity contribution in [3.05, 3.63) is 29.8 Å². The van der Waals surface area contributed by atoms with E-state index in [-0.39, 0.29) is 5.75 Å². The molecule has 0 amide bonds. The fourth-order valence-corrected chi connectivity index (χ4v) is 3.66. The van der Waals surface area contributed by atoms with Gasteiger partial charge in [0.2, 0.25) is 10.0 Å². The van der Waals surface area contributed by atoms with Gasteiger partial charge in [-0.05, 0) is 69.9 Å². The van der Waals surface area contributed by atoms with E-state index in [1.807, 2.05) is 24.3 Å². The lowest BCUT2D eigenvalue weighted by Crippen LogP contribution is -2.25. The molecule has 5 heteroatoms. The van der Waals surface area contributed by atoms with Crippen LogP contribution in [0.1, 0.15) is 71.3 Å². The molecule has 0 fully saturated rings. The standard InChI is InChI=1S/C21H38N2O2S/c1-4-7-8-9-11-18-23(5-2)19-12-10-13-20-14-16-21(17-15-20)22-26(24,25)6-3/h14-17,22H,4-13,18-19H2,1-3H3. The minimum Gasteiger partial charge on any atom is -0.304 e. The zero-order chi connectivity index (χ0) is 19.3. The lowest BCUT2D eigenvalue weighted by atomic mass is 10.1. The van der Waals surface area contributed by atoms with Crippen LogP contribution in [-0.4, -0.2) is 38.7 Å². The molecule has 0 saturated carbocycles. The summed E-state index contributed by atoms with van der Waals surface area (Å²) in [4.78, 5) is 2.56. The number of sulfonamides is 1. The van der Waals surface area contributed by atoms with Crippen molar-refractivity contribution < 1.29 is 8.42 Å². The van der Waals surface area contributed by atoms with Crippen molar-refractivity contribution in [2.24, 2.45) is 0 Å². The van der Waals surface area contributed by atoms with Crippen LogP contribution in [0.5, 0.6) is 0 Å². The summed E-state index contributed by atoms with van der Waals surface area (Å²) in [6.07, 6.45) is 10.2. The summed E-state index contributed by atoms with van der Waals surface area (Å²) in [7, 11) is -3.19. The Bertz CT molecular complexity index is 570. The van der Waals surface area contributed by atoms with Crippen LogP contribution in [0.15, 0.2) is 24.3 Å². The van der Waals surface area contributed by atoms with Gasteiger partial charge in [0.05, 0.1) is 5.75 Å². The first-order valence-electron chi connectivity index (χ1n) is 10.3. The molecule has 0 saturated heterocycles. The van der Waals surface area contributed by atoms with Gasteiger partial charge < -0.3 is 4.90 Å². The zero-order valence-corrected chi connectivity index (χ0v) is 17.8. The molecule has 0 aliphatic heterocycles. The molecular formula is C21H38N2O2S. The Morgan fingerprint density at radius 1 is 0.846 bits per heavy atom. The first kappa shape index (κ1) is 23.0. The van der Waals surface area contributed by atoms with E-state index in [4.69, 9.17) is 0 Å². The molecule has 1 N–H and O–H groups in total. The summed E-state index contributed by atoms with van der Waals surface area (Å²) in [6.45, 7) is 9.70. The number of hydrogen-bond acceptors (Lipinski definition) is 3. The molecule has 1 aromatic rings. The molecule has 1 rings (SSSR count). The first-order chi connectivity index (χ1) is 12.5. The molecule has 26 heavy (non-hydrogen) atoms. The van der Waals surface area contributed by atoms with Crippen LogP contribution in [-0.2, 0) is 16.4 Å². The molecular weight excluding hydrogens is 344 g/mol. The van der Waals surface area contributed by atoms with Gasteiger partial charge >= 0.3 is 0 Å². The van der Waals surface area contributed by atoms with Crippen molar-refractivity contribution in [2.45, 2.75) is 72.1 Å². The first-order valence-corrected chi connectivity index (χ1v) is 12.0. The third-order valence-corrected chi connectivity index (χ3v) is 6.13. The second kappa shape index (κ2) is 13.2. The zero-order valence-electron chi connectivity index (χ0n) is 17.0. The van der Waals surface area contributed by atoms with Gasteiger partial charge in [-0.3, -0.25) is 4.72 Å². The molecule has 150 valence electrons. The molecule has 0 aliphatic rings. The Balaban J connectivity index is 2.23. The number of anilines is 1. The van der Waals surface area contributed by atoms with Crippen LogP contribution in [0.4, 0.5) is 5.69 Å². The van der Waals surface area contributed by atoms with E-state index in [9.17, 15) is 8.42 Å². The Kier molecular flexibility index (Phi) is 11.6. The number of nitrogens with one attached hydrogen (secondary N) is 1. The summed E-state index contributed by atoms with van der Waals surface area (Å²) in [5.41, 5.74) is 1.92. The third-order valence-electron chi connectivity index (χ3n) is 4.82. The Morgan fingerprint density at radius 3 is 2.04 bits per heavy atom. The van der Waals surface area contributed by atoms with E-state index in [1.165, 1.54) is 63.6 Å². The van der Waals surface area contributed by atoms with Gasteiger partial charge in [0.15, 0.2) is 0 Å². The van der Waals surface area contributed by atoms with Crippen LogP contribution < -0.4 is 4.72 Å². The monoisotopic (exact) mass is 382 g/mol. The Morgan fingerprint density at radius 2 is 1.46 bits per heavy atom. The minimum atomic E-state index is -3.19. The van der Waals surface area contributed by atoms with Gasteiger partial charge in [0.25, 0.3) is 0 Å². The molecule has 0 heterocycles.